The van der Waals surface area contributed by atoms with Crippen LogP contribution in [0.15, 0.2) is 58.2 Å². The molecule has 2 aromatic rings. The Morgan fingerprint density at radius 1 is 1.00 bits per heavy atom. The van der Waals surface area contributed by atoms with Gasteiger partial charge in [0.2, 0.25) is 17.7 Å². The number of nitrogens with one attached hydrogen (secondary N) is 2. The van der Waals surface area contributed by atoms with E-state index < -0.39 is 0 Å². The number of benzene rings is 1. The lowest BCUT2D eigenvalue weighted by atomic mass is 10.1. The Hall–Kier alpha value is -3.42. The molecule has 1 aliphatic heterocycles. The Bertz CT molecular complexity index is 846. The van der Waals surface area contributed by atoms with Gasteiger partial charge in [-0.2, -0.15) is 5.10 Å². The molecule has 146 valence electrons. The van der Waals surface area contributed by atoms with Gasteiger partial charge in [0.1, 0.15) is 5.76 Å². The quantitative estimate of drug-likeness (QED) is 0.721. The van der Waals surface area contributed by atoms with Gasteiger partial charge in [-0.3, -0.25) is 14.4 Å². The standard InChI is InChI=1S/C20H22N4O4/c25-18(22-14-19(26)21-13-16-7-4-12-28-16)8-9-20(27)24-11-10-17(23-24)15-5-2-1-3-6-15/h1-7,12H,8-11,13-14H2,(H,21,26)(H,22,25). The van der Waals surface area contributed by atoms with E-state index >= 15 is 0 Å². The van der Waals surface area contributed by atoms with Gasteiger partial charge in [0.25, 0.3) is 0 Å². The highest BCUT2D eigenvalue weighted by Crippen LogP contribution is 2.14. The van der Waals surface area contributed by atoms with Crippen molar-refractivity contribution in [3.05, 3.63) is 60.1 Å². The molecule has 8 nitrogen and oxygen atoms in total. The van der Waals surface area contributed by atoms with Gasteiger partial charge in [0.15, 0.2) is 0 Å². The zero-order valence-corrected chi connectivity index (χ0v) is 15.4. The molecule has 0 spiro atoms. The smallest absolute Gasteiger partial charge is 0.243 e. The van der Waals surface area contributed by atoms with Crippen LogP contribution in [0.4, 0.5) is 0 Å². The van der Waals surface area contributed by atoms with Crippen LogP contribution >= 0.6 is 0 Å². The topological polar surface area (TPSA) is 104 Å². The van der Waals surface area contributed by atoms with Gasteiger partial charge in [0, 0.05) is 19.3 Å². The molecule has 3 rings (SSSR count). The molecule has 0 atom stereocenters. The maximum Gasteiger partial charge on any atom is 0.243 e. The van der Waals surface area contributed by atoms with Crippen molar-refractivity contribution in [2.45, 2.75) is 25.8 Å². The maximum atomic E-state index is 12.2. The summed E-state index contributed by atoms with van der Waals surface area (Å²) in [5.41, 5.74) is 1.86. The van der Waals surface area contributed by atoms with E-state index in [0.717, 1.165) is 11.3 Å². The highest BCUT2D eigenvalue weighted by Gasteiger charge is 2.21. The van der Waals surface area contributed by atoms with Crippen LogP contribution in [0.3, 0.4) is 0 Å². The normalized spacial score (nSPS) is 13.1. The third-order valence-corrected chi connectivity index (χ3v) is 4.25. The summed E-state index contributed by atoms with van der Waals surface area (Å²) in [6.07, 6.45) is 2.27. The van der Waals surface area contributed by atoms with Gasteiger partial charge in [-0.1, -0.05) is 30.3 Å². The number of hydrazone groups is 1. The van der Waals surface area contributed by atoms with Gasteiger partial charge >= 0.3 is 0 Å². The fraction of sp³-hybridized carbons (Fsp3) is 0.300. The van der Waals surface area contributed by atoms with Gasteiger partial charge in [-0.05, 0) is 17.7 Å². The average molecular weight is 382 g/mol. The van der Waals surface area contributed by atoms with E-state index in [1.807, 2.05) is 30.3 Å². The van der Waals surface area contributed by atoms with Gasteiger partial charge in [0.05, 0.1) is 31.6 Å². The molecule has 0 radical (unpaired) electrons. The van der Waals surface area contributed by atoms with Crippen molar-refractivity contribution >= 4 is 23.4 Å². The lowest BCUT2D eigenvalue weighted by Gasteiger charge is -2.11. The minimum absolute atomic E-state index is 0.0109. The SMILES string of the molecule is O=C(CCC(=O)N1CCC(c2ccccc2)=N1)NCC(=O)NCc1ccco1. The van der Waals surface area contributed by atoms with Crippen molar-refractivity contribution in [3.63, 3.8) is 0 Å². The molecule has 1 aromatic heterocycles. The summed E-state index contributed by atoms with van der Waals surface area (Å²) >= 11 is 0. The van der Waals surface area contributed by atoms with E-state index in [9.17, 15) is 14.4 Å². The molecule has 0 bridgehead atoms. The van der Waals surface area contributed by atoms with E-state index in [1.54, 1.807) is 12.1 Å². The molecule has 2 heterocycles. The summed E-state index contributed by atoms with van der Waals surface area (Å²) in [4.78, 5) is 35.8. The first-order valence-corrected chi connectivity index (χ1v) is 9.11. The Labute approximate surface area is 162 Å². The van der Waals surface area contributed by atoms with Crippen LogP contribution in [0.2, 0.25) is 0 Å². The van der Waals surface area contributed by atoms with Crippen molar-refractivity contribution in [2.75, 3.05) is 13.1 Å². The van der Waals surface area contributed by atoms with Crippen molar-refractivity contribution in [3.8, 4) is 0 Å². The number of amides is 3. The summed E-state index contributed by atoms with van der Waals surface area (Å²) in [5.74, 6) is -0.254. The van der Waals surface area contributed by atoms with E-state index in [-0.39, 0.29) is 43.7 Å². The van der Waals surface area contributed by atoms with Crippen LogP contribution in [0.25, 0.3) is 0 Å². The summed E-state index contributed by atoms with van der Waals surface area (Å²) in [6.45, 7) is 0.629. The van der Waals surface area contributed by atoms with Crippen molar-refractivity contribution in [1.29, 1.82) is 0 Å². The molecule has 1 aliphatic rings. The van der Waals surface area contributed by atoms with Crippen LogP contribution < -0.4 is 10.6 Å². The molecule has 0 fully saturated rings. The molecule has 3 amide bonds. The fourth-order valence-corrected chi connectivity index (χ4v) is 2.75. The predicted molar refractivity (Wildman–Crippen MR) is 102 cm³/mol. The molecule has 0 saturated heterocycles. The average Bonchev–Trinajstić information content (AvgIpc) is 3.41. The number of carbonyl (C=O) groups excluding carboxylic acids is 3. The highest BCUT2D eigenvalue weighted by atomic mass is 16.3. The molecule has 28 heavy (non-hydrogen) atoms. The fourth-order valence-electron chi connectivity index (χ4n) is 2.75. The van der Waals surface area contributed by atoms with Gasteiger partial charge < -0.3 is 15.1 Å². The second-order valence-electron chi connectivity index (χ2n) is 6.31. The zero-order chi connectivity index (χ0) is 19.8. The monoisotopic (exact) mass is 382 g/mol. The number of nitrogens with zero attached hydrogens (tertiary/aromatic N) is 2. The van der Waals surface area contributed by atoms with Crippen LogP contribution in [0, 0.1) is 0 Å². The van der Waals surface area contributed by atoms with Crippen LogP contribution in [0.1, 0.15) is 30.6 Å². The Kier molecular flexibility index (Phi) is 6.56. The summed E-state index contributed by atoms with van der Waals surface area (Å²) < 4.78 is 5.10. The first-order chi connectivity index (χ1) is 13.6. The van der Waals surface area contributed by atoms with Gasteiger partial charge in [-0.25, -0.2) is 5.01 Å². The van der Waals surface area contributed by atoms with Crippen molar-refractivity contribution < 1.29 is 18.8 Å². The molecule has 1 aromatic carbocycles. The predicted octanol–water partition coefficient (Wildman–Crippen LogP) is 1.43. The summed E-state index contributed by atoms with van der Waals surface area (Å²) in [6, 6.07) is 13.2. The van der Waals surface area contributed by atoms with Crippen LogP contribution in [0.5, 0.6) is 0 Å². The van der Waals surface area contributed by atoms with E-state index in [4.69, 9.17) is 4.42 Å². The van der Waals surface area contributed by atoms with Crippen molar-refractivity contribution in [1.82, 2.24) is 15.6 Å². The van der Waals surface area contributed by atoms with Crippen LogP contribution in [-0.2, 0) is 20.9 Å². The molecule has 0 unspecified atom stereocenters. The van der Waals surface area contributed by atoms with E-state index in [1.165, 1.54) is 11.3 Å². The Morgan fingerprint density at radius 3 is 2.57 bits per heavy atom. The first-order valence-electron chi connectivity index (χ1n) is 9.11. The van der Waals surface area contributed by atoms with Crippen LogP contribution in [-0.4, -0.2) is 41.5 Å². The molecule has 0 saturated carbocycles. The summed E-state index contributed by atoms with van der Waals surface area (Å²) in [5, 5.41) is 10.9. The molecule has 0 aliphatic carbocycles. The summed E-state index contributed by atoms with van der Waals surface area (Å²) in [7, 11) is 0. The minimum Gasteiger partial charge on any atom is -0.467 e. The molecule has 2 N–H and O–H groups in total. The van der Waals surface area contributed by atoms with Gasteiger partial charge in [-0.15, -0.1) is 0 Å². The number of rotatable bonds is 8. The largest absolute Gasteiger partial charge is 0.467 e. The number of hydrogen-bond donors (Lipinski definition) is 2. The number of carbonyl (C=O) groups is 3. The lowest BCUT2D eigenvalue weighted by Crippen LogP contribution is -2.37. The number of hydrogen-bond acceptors (Lipinski definition) is 5. The third-order valence-electron chi connectivity index (χ3n) is 4.25. The zero-order valence-electron chi connectivity index (χ0n) is 15.4. The van der Waals surface area contributed by atoms with E-state index in [2.05, 4.69) is 15.7 Å². The molecular formula is C20H22N4O4. The molecular weight excluding hydrogens is 360 g/mol. The van der Waals surface area contributed by atoms with Crippen molar-refractivity contribution in [2.24, 2.45) is 5.10 Å². The third kappa shape index (κ3) is 5.54. The Balaban J connectivity index is 1.35. The maximum absolute atomic E-state index is 12.2. The first kappa shape index (κ1) is 19.3. The second-order valence-corrected chi connectivity index (χ2v) is 6.31. The second kappa shape index (κ2) is 9.50. The lowest BCUT2D eigenvalue weighted by molar-refractivity contribution is -0.133. The minimum atomic E-state index is -0.354. The van der Waals surface area contributed by atoms with E-state index in [0.29, 0.717) is 18.7 Å². The molecule has 8 heteroatoms. The Morgan fingerprint density at radius 2 is 1.82 bits per heavy atom. The highest BCUT2D eigenvalue weighted by molar-refractivity contribution is 6.02. The number of furan rings is 1.